The monoisotopic (exact) mass is 529 g/mol. The zero-order chi connectivity index (χ0) is 27.1. The number of anilines is 1. The Bertz CT molecular complexity index is 1380. The molecule has 8 heteroatoms. The van der Waals surface area contributed by atoms with Crippen molar-refractivity contribution in [2.24, 2.45) is 17.8 Å². The lowest BCUT2D eigenvalue weighted by Gasteiger charge is -2.56. The minimum Gasteiger partial charge on any atom is -0.493 e. The number of aromatic hydroxyl groups is 1. The molecule has 4 aliphatic rings. The van der Waals surface area contributed by atoms with Crippen LogP contribution in [0.15, 0.2) is 48.5 Å². The normalized spacial score (nSPS) is 25.0. The number of para-hydroxylation sites is 1. The van der Waals surface area contributed by atoms with Gasteiger partial charge in [0.05, 0.1) is 30.1 Å². The second-order valence-electron chi connectivity index (χ2n) is 11.5. The Kier molecular flexibility index (Phi) is 6.67. The Hall–Kier alpha value is -3.65. The molecule has 4 saturated carbocycles. The van der Waals surface area contributed by atoms with E-state index >= 15 is 0 Å². The molecule has 0 unspecified atom stereocenters. The van der Waals surface area contributed by atoms with Gasteiger partial charge in [0.2, 0.25) is 5.88 Å². The highest BCUT2D eigenvalue weighted by atomic mass is 16.5. The summed E-state index contributed by atoms with van der Waals surface area (Å²) in [7, 11) is 0. The number of carbonyl (C=O) groups is 2. The van der Waals surface area contributed by atoms with Gasteiger partial charge < -0.3 is 19.9 Å². The van der Waals surface area contributed by atoms with E-state index in [-0.39, 0.29) is 30.3 Å². The molecule has 0 radical (unpaired) electrons. The summed E-state index contributed by atoms with van der Waals surface area (Å²) in [6.07, 6.45) is 7.11. The Labute approximate surface area is 228 Å². The van der Waals surface area contributed by atoms with E-state index in [0.717, 1.165) is 42.6 Å². The van der Waals surface area contributed by atoms with Crippen molar-refractivity contribution in [3.05, 3.63) is 70.9 Å². The zero-order valence-corrected chi connectivity index (χ0v) is 22.5. The topological polar surface area (TPSA) is 103 Å². The van der Waals surface area contributed by atoms with Gasteiger partial charge in [-0.1, -0.05) is 24.3 Å². The summed E-state index contributed by atoms with van der Waals surface area (Å²) in [5.41, 5.74) is 2.65. The molecule has 1 heterocycles. The van der Waals surface area contributed by atoms with Crippen LogP contribution in [0.1, 0.15) is 77.4 Å². The van der Waals surface area contributed by atoms with Crippen LogP contribution in [0.2, 0.25) is 0 Å². The van der Waals surface area contributed by atoms with Crippen molar-refractivity contribution in [3.63, 3.8) is 0 Å². The molecule has 0 aliphatic heterocycles. The molecule has 0 saturated heterocycles. The SMILES string of the molecule is CCOC(=O)c1cccc(NC(=O)c2c(COC34CC5CC(CC(C5)C3)C4)nn(-c3ccccc3C)c2O)c1. The summed E-state index contributed by atoms with van der Waals surface area (Å²) in [6, 6.07) is 14.1. The van der Waals surface area contributed by atoms with E-state index in [1.807, 2.05) is 31.2 Å². The smallest absolute Gasteiger partial charge is 0.338 e. The van der Waals surface area contributed by atoms with Crippen molar-refractivity contribution >= 4 is 17.6 Å². The number of aryl methyl sites for hydroxylation is 1. The van der Waals surface area contributed by atoms with Gasteiger partial charge in [0, 0.05) is 5.69 Å². The fraction of sp³-hybridized carbons (Fsp3) is 0.452. The number of rotatable bonds is 8. The number of nitrogens with zero attached hydrogens (tertiary/aromatic N) is 2. The second kappa shape index (κ2) is 10.2. The number of ether oxygens (including phenoxy) is 2. The van der Waals surface area contributed by atoms with Crippen molar-refractivity contribution in [1.82, 2.24) is 9.78 Å². The molecular formula is C31H35N3O5. The molecule has 4 bridgehead atoms. The summed E-state index contributed by atoms with van der Waals surface area (Å²) in [5, 5.41) is 18.9. The van der Waals surface area contributed by atoms with Crippen molar-refractivity contribution < 1.29 is 24.2 Å². The van der Waals surface area contributed by atoms with Gasteiger partial charge in [0.25, 0.3) is 5.91 Å². The molecular weight excluding hydrogens is 494 g/mol. The molecule has 3 aromatic rings. The Morgan fingerprint density at radius 2 is 1.74 bits per heavy atom. The number of nitrogens with one attached hydrogen (secondary N) is 1. The standard InChI is InChI=1S/C31H35N3O5/c1-3-38-30(37)23-8-6-9-24(14-23)32-28(35)27-25(33-34(29(27)36)26-10-5-4-7-19(26)2)18-39-31-15-20-11-21(16-31)13-22(12-20)17-31/h4-10,14,20-22,36H,3,11-13,15-18H2,1-2H3,(H,32,35). The highest BCUT2D eigenvalue weighted by Crippen LogP contribution is 2.57. The maximum atomic E-state index is 13.6. The van der Waals surface area contributed by atoms with Crippen LogP contribution in [0.3, 0.4) is 0 Å². The van der Waals surface area contributed by atoms with Gasteiger partial charge >= 0.3 is 5.97 Å². The molecule has 1 amide bonds. The molecule has 4 aliphatic carbocycles. The van der Waals surface area contributed by atoms with E-state index < -0.39 is 11.9 Å². The fourth-order valence-electron chi connectivity index (χ4n) is 7.32. The van der Waals surface area contributed by atoms with Gasteiger partial charge in [-0.2, -0.15) is 9.78 Å². The predicted octanol–water partition coefficient (Wildman–Crippen LogP) is 5.80. The number of esters is 1. The second-order valence-corrected chi connectivity index (χ2v) is 11.5. The minimum atomic E-state index is -0.516. The maximum Gasteiger partial charge on any atom is 0.338 e. The molecule has 204 valence electrons. The van der Waals surface area contributed by atoms with E-state index in [1.165, 1.54) is 23.9 Å². The highest BCUT2D eigenvalue weighted by molar-refractivity contribution is 6.07. The molecule has 2 N–H and O–H groups in total. The first kappa shape index (κ1) is 25.6. The molecule has 8 nitrogen and oxygen atoms in total. The Balaban J connectivity index is 1.30. The van der Waals surface area contributed by atoms with E-state index in [0.29, 0.717) is 22.6 Å². The Morgan fingerprint density at radius 3 is 2.41 bits per heavy atom. The third-order valence-electron chi connectivity index (χ3n) is 8.63. The van der Waals surface area contributed by atoms with Crippen LogP contribution in [0.25, 0.3) is 5.69 Å². The molecule has 7 rings (SSSR count). The lowest BCUT2D eigenvalue weighted by atomic mass is 9.54. The lowest BCUT2D eigenvalue weighted by molar-refractivity contribution is -0.169. The maximum absolute atomic E-state index is 13.6. The van der Waals surface area contributed by atoms with Crippen LogP contribution in [0, 0.1) is 24.7 Å². The molecule has 39 heavy (non-hydrogen) atoms. The van der Waals surface area contributed by atoms with E-state index in [9.17, 15) is 14.7 Å². The van der Waals surface area contributed by atoms with Crippen molar-refractivity contribution in [2.75, 3.05) is 11.9 Å². The summed E-state index contributed by atoms with van der Waals surface area (Å²) < 4.78 is 13.2. The molecule has 0 spiro atoms. The predicted molar refractivity (Wildman–Crippen MR) is 146 cm³/mol. The van der Waals surface area contributed by atoms with Gasteiger partial charge in [-0.25, -0.2) is 4.79 Å². The Morgan fingerprint density at radius 1 is 1.05 bits per heavy atom. The van der Waals surface area contributed by atoms with Crippen LogP contribution < -0.4 is 5.32 Å². The quantitative estimate of drug-likeness (QED) is 0.358. The minimum absolute atomic E-state index is 0.0736. The summed E-state index contributed by atoms with van der Waals surface area (Å²) >= 11 is 0. The van der Waals surface area contributed by atoms with Crippen molar-refractivity contribution in [3.8, 4) is 11.6 Å². The van der Waals surface area contributed by atoms with Crippen molar-refractivity contribution in [1.29, 1.82) is 0 Å². The summed E-state index contributed by atoms with van der Waals surface area (Å²) in [6.45, 7) is 4.08. The van der Waals surface area contributed by atoms with E-state index in [1.54, 1.807) is 31.2 Å². The number of carbonyl (C=O) groups excluding carboxylic acids is 2. The highest BCUT2D eigenvalue weighted by Gasteiger charge is 2.51. The zero-order valence-electron chi connectivity index (χ0n) is 22.5. The van der Waals surface area contributed by atoms with Gasteiger partial charge in [0.15, 0.2) is 0 Å². The number of benzene rings is 2. The average molecular weight is 530 g/mol. The van der Waals surface area contributed by atoms with E-state index in [4.69, 9.17) is 14.6 Å². The largest absolute Gasteiger partial charge is 0.493 e. The van der Waals surface area contributed by atoms with E-state index in [2.05, 4.69) is 5.32 Å². The molecule has 1 aromatic heterocycles. The third kappa shape index (κ3) is 4.93. The first-order valence-electron chi connectivity index (χ1n) is 13.9. The van der Waals surface area contributed by atoms with Crippen LogP contribution in [-0.2, 0) is 16.1 Å². The molecule has 2 aromatic carbocycles. The van der Waals surface area contributed by atoms with Crippen LogP contribution in [0.5, 0.6) is 5.88 Å². The number of aromatic nitrogens is 2. The van der Waals surface area contributed by atoms with Crippen molar-refractivity contribution in [2.45, 2.75) is 64.6 Å². The van der Waals surface area contributed by atoms with Crippen LogP contribution >= 0.6 is 0 Å². The van der Waals surface area contributed by atoms with Gasteiger partial charge in [-0.3, -0.25) is 4.79 Å². The molecule has 0 atom stereocenters. The van der Waals surface area contributed by atoms with Gasteiger partial charge in [-0.15, -0.1) is 0 Å². The molecule has 4 fully saturated rings. The number of hydrogen-bond donors (Lipinski definition) is 2. The summed E-state index contributed by atoms with van der Waals surface area (Å²) in [4.78, 5) is 25.8. The number of hydrogen-bond acceptors (Lipinski definition) is 6. The first-order chi connectivity index (χ1) is 18.8. The summed E-state index contributed by atoms with van der Waals surface area (Å²) in [5.74, 6) is 0.953. The first-order valence-corrected chi connectivity index (χ1v) is 13.9. The average Bonchev–Trinajstić information content (AvgIpc) is 3.23. The number of amides is 1. The lowest BCUT2D eigenvalue weighted by Crippen LogP contribution is -2.51. The van der Waals surface area contributed by atoms with Gasteiger partial charge in [-0.05, 0) is 100.0 Å². The fourth-order valence-corrected chi connectivity index (χ4v) is 7.32. The van der Waals surface area contributed by atoms with Gasteiger partial charge in [0.1, 0.15) is 11.3 Å². The third-order valence-corrected chi connectivity index (χ3v) is 8.63. The van der Waals surface area contributed by atoms with Crippen LogP contribution in [-0.4, -0.2) is 39.0 Å². The van der Waals surface area contributed by atoms with Crippen LogP contribution in [0.4, 0.5) is 5.69 Å².